The lowest BCUT2D eigenvalue weighted by molar-refractivity contribution is -0.123. The largest absolute Gasteiger partial charge is 0.352 e. The van der Waals surface area contributed by atoms with E-state index < -0.39 is 17.1 Å². The van der Waals surface area contributed by atoms with Gasteiger partial charge >= 0.3 is 5.69 Å². The number of piperazine rings is 1. The van der Waals surface area contributed by atoms with Crippen LogP contribution in [-0.2, 0) is 11.3 Å². The van der Waals surface area contributed by atoms with Gasteiger partial charge in [0.05, 0.1) is 23.8 Å². The van der Waals surface area contributed by atoms with Crippen LogP contribution in [0.4, 0.5) is 4.39 Å². The molecule has 1 amide bonds. The number of likely N-dealkylation sites (tertiary alicyclic amines) is 1. The summed E-state index contributed by atoms with van der Waals surface area (Å²) in [5.74, 6) is -0.603. The number of hydrogen-bond acceptors (Lipinski definition) is 7. The molecule has 11 heteroatoms. The third kappa shape index (κ3) is 8.00. The lowest BCUT2D eigenvalue weighted by Crippen LogP contribution is -2.48. The fourth-order valence-corrected chi connectivity index (χ4v) is 8.13. The summed E-state index contributed by atoms with van der Waals surface area (Å²) in [5, 5.41) is 3.24. The number of fused-ring (bicyclic) bond motifs is 1. The van der Waals surface area contributed by atoms with Gasteiger partial charge in [0, 0.05) is 50.8 Å². The molecule has 0 atom stereocenters. The van der Waals surface area contributed by atoms with Crippen molar-refractivity contribution in [3.8, 4) is 16.8 Å². The standard InChI is InChI=1S/C40H50FN7O3/c1-28(2)46-21-19-45(20-22-46)26-29-9-11-30(12-10-29)31-7-6-8-35(23-31)47-38-36(24-32(41)25-42-38)39(50)48(40(47)51)34-15-13-33(14-16-34)43-37(49)27-44-17-4-3-5-18-44/h6-12,23-25,28,33-34H,3-5,13-22,26-27H2,1-2H3,(H,43,49). The van der Waals surface area contributed by atoms with Gasteiger partial charge in [0.1, 0.15) is 5.82 Å². The van der Waals surface area contributed by atoms with E-state index in [2.05, 4.69) is 63.1 Å². The predicted octanol–water partition coefficient (Wildman–Crippen LogP) is 4.97. The number of amides is 1. The van der Waals surface area contributed by atoms with E-state index >= 15 is 0 Å². The maximum atomic E-state index is 14.5. The molecule has 3 aliphatic rings. The van der Waals surface area contributed by atoms with Crippen molar-refractivity contribution in [2.24, 2.45) is 0 Å². The van der Waals surface area contributed by atoms with Crippen LogP contribution in [0.5, 0.6) is 0 Å². The molecular formula is C40H50FN7O3. The highest BCUT2D eigenvalue weighted by molar-refractivity contribution is 5.78. The van der Waals surface area contributed by atoms with Crippen molar-refractivity contribution in [3.63, 3.8) is 0 Å². The second-order valence-electron chi connectivity index (χ2n) is 14.9. The summed E-state index contributed by atoms with van der Waals surface area (Å²) in [6, 6.07) is 17.6. The van der Waals surface area contributed by atoms with Crippen LogP contribution >= 0.6 is 0 Å². The van der Waals surface area contributed by atoms with Crippen LogP contribution in [0, 0.1) is 5.82 Å². The Bertz CT molecular complexity index is 1950. The molecule has 7 rings (SSSR count). The summed E-state index contributed by atoms with van der Waals surface area (Å²) in [5.41, 5.74) is 2.85. The van der Waals surface area contributed by atoms with Gasteiger partial charge in [-0.2, -0.15) is 0 Å². The number of piperidine rings is 1. The smallest absolute Gasteiger partial charge is 0.337 e. The van der Waals surface area contributed by atoms with Gasteiger partial charge in [-0.3, -0.25) is 28.9 Å². The van der Waals surface area contributed by atoms with Crippen molar-refractivity contribution in [1.82, 2.24) is 34.1 Å². The lowest BCUT2D eigenvalue weighted by Gasteiger charge is -2.36. The first kappa shape index (κ1) is 35.2. The molecule has 0 spiro atoms. The first-order valence-corrected chi connectivity index (χ1v) is 18.7. The SMILES string of the molecule is CC(C)N1CCN(Cc2ccc(-c3cccc(-n4c(=O)n(C5CCC(NC(=O)CN6CCCCC6)CC5)c(=O)c5cc(F)cnc54)c3)cc2)CC1. The molecule has 2 aromatic heterocycles. The fraction of sp³-hybridized carbons (Fsp3) is 0.500. The van der Waals surface area contributed by atoms with E-state index in [1.165, 1.54) is 27.2 Å². The molecule has 10 nitrogen and oxygen atoms in total. The van der Waals surface area contributed by atoms with E-state index in [1.807, 2.05) is 24.3 Å². The highest BCUT2D eigenvalue weighted by atomic mass is 19.1. The van der Waals surface area contributed by atoms with Gasteiger partial charge in [0.25, 0.3) is 5.56 Å². The molecular weight excluding hydrogens is 645 g/mol. The molecule has 0 unspecified atom stereocenters. The van der Waals surface area contributed by atoms with Gasteiger partial charge in [-0.25, -0.2) is 18.7 Å². The number of rotatable bonds is 9. The van der Waals surface area contributed by atoms with Gasteiger partial charge in [0.2, 0.25) is 5.91 Å². The van der Waals surface area contributed by atoms with E-state index in [0.717, 1.165) is 76.0 Å². The van der Waals surface area contributed by atoms with Gasteiger partial charge in [-0.1, -0.05) is 42.8 Å². The molecule has 4 aromatic rings. The molecule has 3 fully saturated rings. The molecule has 1 aliphatic carbocycles. The Labute approximate surface area is 298 Å². The third-order valence-electron chi connectivity index (χ3n) is 11.1. The highest BCUT2D eigenvalue weighted by Gasteiger charge is 2.28. The Balaban J connectivity index is 1.10. The maximum Gasteiger partial charge on any atom is 0.337 e. The van der Waals surface area contributed by atoms with E-state index in [9.17, 15) is 18.8 Å². The summed E-state index contributed by atoms with van der Waals surface area (Å²) >= 11 is 0. The quantitative estimate of drug-likeness (QED) is 0.265. The van der Waals surface area contributed by atoms with Gasteiger partial charge in [-0.05, 0) is 100 Å². The molecule has 1 saturated carbocycles. The Hall–Kier alpha value is -4.19. The van der Waals surface area contributed by atoms with Crippen LogP contribution in [0.15, 0.2) is 70.4 Å². The number of halogens is 1. The minimum atomic E-state index is -0.632. The summed E-state index contributed by atoms with van der Waals surface area (Å²) in [4.78, 5) is 52.4. The van der Waals surface area contributed by atoms with Crippen molar-refractivity contribution in [3.05, 3.63) is 93.0 Å². The number of carbonyl (C=O) groups excluding carboxylic acids is 1. The highest BCUT2D eigenvalue weighted by Crippen LogP contribution is 2.28. The Morgan fingerprint density at radius 2 is 1.59 bits per heavy atom. The topological polar surface area (TPSA) is 95.7 Å². The average Bonchev–Trinajstić information content (AvgIpc) is 3.14. The van der Waals surface area contributed by atoms with Crippen molar-refractivity contribution in [2.75, 3.05) is 45.8 Å². The third-order valence-corrected chi connectivity index (χ3v) is 11.1. The van der Waals surface area contributed by atoms with Crippen molar-refractivity contribution in [2.45, 2.75) is 83.5 Å². The zero-order valence-corrected chi connectivity index (χ0v) is 29.9. The van der Waals surface area contributed by atoms with Crippen LogP contribution in [0.25, 0.3) is 27.8 Å². The molecule has 0 bridgehead atoms. The van der Waals surface area contributed by atoms with E-state index in [1.54, 1.807) is 0 Å². The number of hydrogen-bond donors (Lipinski definition) is 1. The number of benzene rings is 2. The zero-order valence-electron chi connectivity index (χ0n) is 29.9. The first-order chi connectivity index (χ1) is 24.7. The predicted molar refractivity (Wildman–Crippen MR) is 199 cm³/mol. The maximum absolute atomic E-state index is 14.5. The Kier molecular flexibility index (Phi) is 10.8. The van der Waals surface area contributed by atoms with Crippen LogP contribution in [0.2, 0.25) is 0 Å². The molecule has 270 valence electrons. The Morgan fingerprint density at radius 1 is 0.863 bits per heavy atom. The molecule has 51 heavy (non-hydrogen) atoms. The molecule has 2 aliphatic heterocycles. The normalized spacial score (nSPS) is 20.9. The van der Waals surface area contributed by atoms with E-state index in [4.69, 9.17) is 0 Å². The van der Waals surface area contributed by atoms with E-state index in [-0.39, 0.29) is 29.0 Å². The fourth-order valence-electron chi connectivity index (χ4n) is 8.13. The van der Waals surface area contributed by atoms with Gasteiger partial charge in [-0.15, -0.1) is 0 Å². The van der Waals surface area contributed by atoms with Crippen LogP contribution in [0.1, 0.15) is 70.4 Å². The van der Waals surface area contributed by atoms with E-state index in [0.29, 0.717) is 44.0 Å². The number of nitrogens with one attached hydrogen (secondary N) is 1. The second-order valence-corrected chi connectivity index (χ2v) is 14.9. The minimum absolute atomic E-state index is 0.00537. The minimum Gasteiger partial charge on any atom is -0.352 e. The van der Waals surface area contributed by atoms with Gasteiger partial charge < -0.3 is 5.32 Å². The van der Waals surface area contributed by atoms with Gasteiger partial charge in [0.15, 0.2) is 5.65 Å². The van der Waals surface area contributed by atoms with Crippen LogP contribution < -0.4 is 16.6 Å². The number of aromatic nitrogens is 3. The van der Waals surface area contributed by atoms with Crippen molar-refractivity contribution in [1.29, 1.82) is 0 Å². The van der Waals surface area contributed by atoms with Crippen molar-refractivity contribution < 1.29 is 9.18 Å². The first-order valence-electron chi connectivity index (χ1n) is 18.7. The zero-order chi connectivity index (χ0) is 35.5. The number of pyridine rings is 1. The molecule has 2 saturated heterocycles. The van der Waals surface area contributed by atoms with Crippen LogP contribution in [-0.4, -0.2) is 92.6 Å². The molecule has 2 aromatic carbocycles. The summed E-state index contributed by atoms with van der Waals surface area (Å²) in [6.07, 6.45) is 6.94. The lowest BCUT2D eigenvalue weighted by atomic mass is 9.91. The average molecular weight is 696 g/mol. The molecule has 4 heterocycles. The summed E-state index contributed by atoms with van der Waals surface area (Å²) in [7, 11) is 0. The summed E-state index contributed by atoms with van der Waals surface area (Å²) < 4.78 is 17.3. The monoisotopic (exact) mass is 695 g/mol. The molecule has 1 N–H and O–H groups in total. The van der Waals surface area contributed by atoms with Crippen molar-refractivity contribution >= 4 is 16.9 Å². The Morgan fingerprint density at radius 3 is 2.29 bits per heavy atom. The number of carbonyl (C=O) groups is 1. The number of nitrogens with zero attached hydrogens (tertiary/aromatic N) is 6. The van der Waals surface area contributed by atoms with Crippen LogP contribution in [0.3, 0.4) is 0 Å². The molecule has 0 radical (unpaired) electrons. The second kappa shape index (κ2) is 15.6. The summed E-state index contributed by atoms with van der Waals surface area (Å²) in [6.45, 7) is 12.0.